The minimum Gasteiger partial charge on any atom is -0.489 e. The van der Waals surface area contributed by atoms with Crippen LogP contribution in [-0.4, -0.2) is 22.7 Å². The van der Waals surface area contributed by atoms with Crippen molar-refractivity contribution in [2.75, 3.05) is 6.61 Å². The zero-order chi connectivity index (χ0) is 25.7. The minimum absolute atomic E-state index is 0.210. The van der Waals surface area contributed by atoms with E-state index in [4.69, 9.17) is 14.6 Å². The smallest absolute Gasteiger partial charge is 0.416 e. The first kappa shape index (κ1) is 24.8. The molecule has 4 aromatic rings. The van der Waals surface area contributed by atoms with Crippen molar-refractivity contribution in [3.05, 3.63) is 102 Å². The van der Waals surface area contributed by atoms with Crippen molar-refractivity contribution in [2.24, 2.45) is 0 Å². The zero-order valence-corrected chi connectivity index (χ0v) is 19.3. The molecule has 4 rings (SSSR count). The molecule has 36 heavy (non-hydrogen) atoms. The van der Waals surface area contributed by atoms with Crippen molar-refractivity contribution in [1.29, 1.82) is 0 Å². The molecule has 0 spiro atoms. The third-order valence-corrected chi connectivity index (χ3v) is 5.46. The maximum absolute atomic E-state index is 13.0. The molecule has 0 aliphatic rings. The molecule has 8 heteroatoms. The van der Waals surface area contributed by atoms with Gasteiger partial charge < -0.3 is 14.6 Å². The molecule has 1 N–H and O–H groups in total. The number of aromatic nitrogens is 1. The molecule has 0 saturated heterocycles. The fourth-order valence-corrected chi connectivity index (χ4v) is 3.68. The van der Waals surface area contributed by atoms with Gasteiger partial charge in [-0.1, -0.05) is 12.1 Å². The lowest BCUT2D eigenvalue weighted by Gasteiger charge is -2.14. The second-order valence-electron chi connectivity index (χ2n) is 8.13. The summed E-state index contributed by atoms with van der Waals surface area (Å²) in [6, 6.07) is 19.6. The minimum atomic E-state index is -4.40. The Morgan fingerprint density at radius 3 is 2.06 bits per heavy atom. The summed E-state index contributed by atoms with van der Waals surface area (Å²) >= 11 is 0. The SMILES string of the molecule is Cc1cc(OCc2cc(-c3ccncc3)cc(-c3ccc(C(F)(F)F)cc3)c2)ccc1OCC(=O)O. The Labute approximate surface area is 205 Å². The summed E-state index contributed by atoms with van der Waals surface area (Å²) in [7, 11) is 0. The predicted molar refractivity (Wildman–Crippen MR) is 129 cm³/mol. The second kappa shape index (κ2) is 10.5. The first-order valence-electron chi connectivity index (χ1n) is 11.0. The lowest BCUT2D eigenvalue weighted by molar-refractivity contribution is -0.139. The van der Waals surface area contributed by atoms with Crippen LogP contribution < -0.4 is 9.47 Å². The number of pyridine rings is 1. The zero-order valence-electron chi connectivity index (χ0n) is 19.3. The number of carbonyl (C=O) groups is 1. The van der Waals surface area contributed by atoms with Crippen molar-refractivity contribution in [2.45, 2.75) is 19.7 Å². The molecule has 0 amide bonds. The molecule has 1 heterocycles. The fourth-order valence-electron chi connectivity index (χ4n) is 3.68. The van der Waals surface area contributed by atoms with Gasteiger partial charge in [0.2, 0.25) is 0 Å². The molecule has 0 radical (unpaired) electrons. The quantitative estimate of drug-likeness (QED) is 0.293. The summed E-state index contributed by atoms with van der Waals surface area (Å²) in [5.74, 6) is -0.0396. The van der Waals surface area contributed by atoms with Gasteiger partial charge in [0.05, 0.1) is 5.56 Å². The number of nitrogens with zero attached hydrogens (tertiary/aromatic N) is 1. The summed E-state index contributed by atoms with van der Waals surface area (Å²) < 4.78 is 50.2. The molecule has 0 atom stereocenters. The standard InChI is InChI=1S/C28H22F3NO4/c1-18-12-25(6-7-26(18)36-17-27(33)34)35-16-19-13-22(15-23(14-19)21-8-10-32-11-9-21)20-2-4-24(5-3-20)28(29,30)31/h2-15H,16-17H2,1H3,(H,33,34). The van der Waals surface area contributed by atoms with E-state index in [2.05, 4.69) is 4.98 Å². The van der Waals surface area contributed by atoms with E-state index >= 15 is 0 Å². The normalized spacial score (nSPS) is 11.2. The molecule has 0 aliphatic carbocycles. The summed E-state index contributed by atoms with van der Waals surface area (Å²) in [4.78, 5) is 14.8. The summed E-state index contributed by atoms with van der Waals surface area (Å²) in [6.07, 6.45) is -1.05. The van der Waals surface area contributed by atoms with Crippen LogP contribution in [0.2, 0.25) is 0 Å². The Bertz CT molecular complexity index is 1350. The van der Waals surface area contributed by atoms with Crippen LogP contribution in [0.15, 0.2) is 85.2 Å². The first-order valence-corrected chi connectivity index (χ1v) is 11.0. The number of rotatable bonds is 8. The molecular formula is C28H22F3NO4. The third-order valence-electron chi connectivity index (χ3n) is 5.46. The van der Waals surface area contributed by atoms with E-state index in [1.807, 2.05) is 30.3 Å². The van der Waals surface area contributed by atoms with E-state index in [9.17, 15) is 18.0 Å². The highest BCUT2D eigenvalue weighted by molar-refractivity contribution is 5.74. The molecule has 0 bridgehead atoms. The second-order valence-corrected chi connectivity index (χ2v) is 8.13. The summed E-state index contributed by atoms with van der Waals surface area (Å²) in [6.45, 7) is 1.56. The number of alkyl halides is 3. The lowest BCUT2D eigenvalue weighted by atomic mass is 9.96. The summed E-state index contributed by atoms with van der Waals surface area (Å²) in [5.41, 5.74) is 4.04. The van der Waals surface area contributed by atoms with Gasteiger partial charge in [-0.25, -0.2) is 4.79 Å². The molecule has 3 aromatic carbocycles. The molecule has 0 unspecified atom stereocenters. The van der Waals surface area contributed by atoms with Crippen molar-refractivity contribution < 1.29 is 32.5 Å². The van der Waals surface area contributed by atoms with Crippen LogP contribution in [-0.2, 0) is 17.6 Å². The highest BCUT2D eigenvalue weighted by Gasteiger charge is 2.30. The summed E-state index contributed by atoms with van der Waals surface area (Å²) in [5, 5.41) is 8.79. The van der Waals surface area contributed by atoms with E-state index < -0.39 is 24.3 Å². The van der Waals surface area contributed by atoms with E-state index in [1.165, 1.54) is 12.1 Å². The maximum atomic E-state index is 13.0. The Kier molecular flexibility index (Phi) is 7.24. The molecule has 0 fully saturated rings. The Balaban J connectivity index is 1.61. The first-order chi connectivity index (χ1) is 17.2. The van der Waals surface area contributed by atoms with Gasteiger partial charge in [0.1, 0.15) is 18.1 Å². The highest BCUT2D eigenvalue weighted by atomic mass is 19.4. The molecule has 5 nitrogen and oxygen atoms in total. The van der Waals surface area contributed by atoms with Crippen LogP contribution in [0.1, 0.15) is 16.7 Å². The Morgan fingerprint density at radius 1 is 0.833 bits per heavy atom. The number of aryl methyl sites for hydroxylation is 1. The van der Waals surface area contributed by atoms with Crippen molar-refractivity contribution in [1.82, 2.24) is 4.98 Å². The van der Waals surface area contributed by atoms with E-state index in [1.54, 1.807) is 37.5 Å². The average Bonchev–Trinajstić information content (AvgIpc) is 2.87. The fraction of sp³-hybridized carbons (Fsp3) is 0.143. The number of halogens is 3. The highest BCUT2D eigenvalue weighted by Crippen LogP contribution is 2.33. The maximum Gasteiger partial charge on any atom is 0.416 e. The van der Waals surface area contributed by atoms with Crippen molar-refractivity contribution >= 4 is 5.97 Å². The Hall–Kier alpha value is -4.33. The van der Waals surface area contributed by atoms with Crippen molar-refractivity contribution in [3.63, 3.8) is 0 Å². The number of aliphatic carboxylic acids is 1. The van der Waals surface area contributed by atoms with Crippen LogP contribution >= 0.6 is 0 Å². The topological polar surface area (TPSA) is 68.7 Å². The van der Waals surface area contributed by atoms with Gasteiger partial charge in [-0.3, -0.25) is 4.98 Å². The van der Waals surface area contributed by atoms with Gasteiger partial charge in [-0.15, -0.1) is 0 Å². The van der Waals surface area contributed by atoms with Crippen molar-refractivity contribution in [3.8, 4) is 33.8 Å². The lowest BCUT2D eigenvalue weighted by Crippen LogP contribution is -2.10. The van der Waals surface area contributed by atoms with E-state index in [-0.39, 0.29) is 6.61 Å². The number of hydrogen-bond donors (Lipinski definition) is 1. The monoisotopic (exact) mass is 493 g/mol. The van der Waals surface area contributed by atoms with Gasteiger partial charge in [0.15, 0.2) is 6.61 Å². The van der Waals surface area contributed by atoms with Crippen LogP contribution in [0.25, 0.3) is 22.3 Å². The van der Waals surface area contributed by atoms with Gasteiger partial charge in [0.25, 0.3) is 0 Å². The molecule has 1 aromatic heterocycles. The van der Waals surface area contributed by atoms with Crippen LogP contribution in [0, 0.1) is 6.92 Å². The van der Waals surface area contributed by atoms with Gasteiger partial charge in [0, 0.05) is 12.4 Å². The van der Waals surface area contributed by atoms with E-state index in [0.717, 1.165) is 39.9 Å². The van der Waals surface area contributed by atoms with Gasteiger partial charge >= 0.3 is 12.1 Å². The molecular weight excluding hydrogens is 471 g/mol. The van der Waals surface area contributed by atoms with Gasteiger partial charge in [-0.2, -0.15) is 13.2 Å². The average molecular weight is 493 g/mol. The third kappa shape index (κ3) is 6.21. The molecule has 184 valence electrons. The van der Waals surface area contributed by atoms with Crippen LogP contribution in [0.4, 0.5) is 13.2 Å². The number of benzene rings is 3. The van der Waals surface area contributed by atoms with E-state index in [0.29, 0.717) is 17.1 Å². The number of carboxylic acid groups (broad SMARTS) is 1. The predicted octanol–water partition coefficient (Wildman–Crippen LogP) is 6.79. The van der Waals surface area contributed by atoms with Crippen LogP contribution in [0.5, 0.6) is 11.5 Å². The number of hydrogen-bond acceptors (Lipinski definition) is 4. The van der Waals surface area contributed by atoms with Crippen LogP contribution in [0.3, 0.4) is 0 Å². The Morgan fingerprint density at radius 2 is 1.47 bits per heavy atom. The number of carboxylic acids is 1. The molecule has 0 saturated carbocycles. The largest absolute Gasteiger partial charge is 0.489 e. The number of ether oxygens (including phenoxy) is 2. The molecule has 0 aliphatic heterocycles. The van der Waals surface area contributed by atoms with Gasteiger partial charge in [-0.05, 0) is 101 Å².